The Kier molecular flexibility index (Phi) is 12.4. The van der Waals surface area contributed by atoms with Crippen molar-refractivity contribution >= 4 is 5.97 Å². The van der Waals surface area contributed by atoms with Crippen LogP contribution in [0, 0.1) is 56.7 Å². The molecule has 10 atom stereocenters. The van der Waals surface area contributed by atoms with Crippen LogP contribution in [0.5, 0.6) is 0 Å². The van der Waals surface area contributed by atoms with E-state index in [1.54, 1.807) is 0 Å². The van der Waals surface area contributed by atoms with Crippen LogP contribution >= 0.6 is 0 Å². The topological polar surface area (TPSA) is 26.3 Å². The molecule has 2 heteroatoms. The largest absolute Gasteiger partial charge is 0.462 e. The molecule has 5 fully saturated rings. The van der Waals surface area contributed by atoms with E-state index in [1.807, 2.05) is 0 Å². The Balaban J connectivity index is 1.11. The third-order valence-electron chi connectivity index (χ3n) is 17.2. The van der Waals surface area contributed by atoms with E-state index < -0.39 is 0 Å². The highest BCUT2D eigenvalue weighted by Gasteiger charge is 2.70. The van der Waals surface area contributed by atoms with Crippen molar-refractivity contribution < 1.29 is 9.53 Å². The summed E-state index contributed by atoms with van der Waals surface area (Å²) < 4.78 is 6.42. The number of fused-ring (bicyclic) bond motifs is 7. The van der Waals surface area contributed by atoms with E-state index in [0.29, 0.717) is 34.0 Å². The van der Waals surface area contributed by atoms with Crippen molar-refractivity contribution in [3.8, 4) is 0 Å². The molecule has 0 spiro atoms. The van der Waals surface area contributed by atoms with Crippen LogP contribution in [-0.2, 0) is 9.53 Å². The van der Waals surface area contributed by atoms with Gasteiger partial charge >= 0.3 is 5.97 Å². The molecule has 0 aliphatic heterocycles. The highest BCUT2D eigenvalue weighted by Crippen LogP contribution is 2.77. The van der Waals surface area contributed by atoms with Crippen molar-refractivity contribution in [1.82, 2.24) is 0 Å². The van der Waals surface area contributed by atoms with Crippen LogP contribution in [0.3, 0.4) is 0 Å². The summed E-state index contributed by atoms with van der Waals surface area (Å²) in [5.41, 5.74) is 3.19. The van der Waals surface area contributed by atoms with E-state index in [1.165, 1.54) is 140 Å². The smallest absolute Gasteiger partial charge is 0.306 e. The summed E-state index contributed by atoms with van der Waals surface area (Å²) in [6, 6.07) is 0. The first-order valence-electron chi connectivity index (χ1n) is 21.6. The Labute approximate surface area is 299 Å². The first-order valence-corrected chi connectivity index (χ1v) is 21.6. The minimum Gasteiger partial charge on any atom is -0.462 e. The summed E-state index contributed by atoms with van der Waals surface area (Å²) >= 11 is 0. The number of carbonyl (C=O) groups excluding carboxylic acids is 1. The zero-order valence-corrected chi connectivity index (χ0v) is 33.5. The molecule has 0 bridgehead atoms. The fourth-order valence-corrected chi connectivity index (χ4v) is 14.2. The molecular weight excluding hydrogens is 585 g/mol. The number of carbonyl (C=O) groups is 1. The third kappa shape index (κ3) is 7.14. The molecule has 5 rings (SSSR count). The molecule has 48 heavy (non-hydrogen) atoms. The Hall–Kier alpha value is -0.790. The van der Waals surface area contributed by atoms with Crippen LogP contribution in [0.1, 0.15) is 209 Å². The lowest BCUT2D eigenvalue weighted by Crippen LogP contribution is -2.66. The number of allylic oxidation sites excluding steroid dienone is 1. The van der Waals surface area contributed by atoms with E-state index >= 15 is 0 Å². The van der Waals surface area contributed by atoms with E-state index in [9.17, 15) is 4.79 Å². The molecular formula is C46H80O2. The van der Waals surface area contributed by atoms with Gasteiger partial charge in [0.15, 0.2) is 0 Å². The van der Waals surface area contributed by atoms with Gasteiger partial charge in [0, 0.05) is 11.8 Å². The lowest BCUT2D eigenvalue weighted by atomic mass is 9.32. The van der Waals surface area contributed by atoms with Gasteiger partial charge in [0.2, 0.25) is 0 Å². The van der Waals surface area contributed by atoms with Gasteiger partial charge in [-0.3, -0.25) is 4.79 Å². The van der Waals surface area contributed by atoms with Crippen molar-refractivity contribution in [3.05, 3.63) is 12.2 Å². The zero-order valence-electron chi connectivity index (χ0n) is 33.5. The number of ether oxygens (including phenoxy) is 1. The highest BCUT2D eigenvalue weighted by molar-refractivity contribution is 5.69. The van der Waals surface area contributed by atoms with Crippen LogP contribution in [0.4, 0.5) is 0 Å². The van der Waals surface area contributed by atoms with Crippen LogP contribution in [0.25, 0.3) is 0 Å². The second-order valence-corrected chi connectivity index (χ2v) is 20.2. The highest BCUT2D eigenvalue weighted by atomic mass is 16.5. The lowest BCUT2D eigenvalue weighted by molar-refractivity contribution is -0.249. The summed E-state index contributed by atoms with van der Waals surface area (Å²) in [5.74, 6) is 3.89. The van der Waals surface area contributed by atoms with Gasteiger partial charge in [-0.15, -0.1) is 0 Å². The van der Waals surface area contributed by atoms with Crippen LogP contribution < -0.4 is 0 Å². The second-order valence-electron chi connectivity index (χ2n) is 20.2. The molecule has 5 aliphatic carbocycles. The first kappa shape index (κ1) is 38.4. The fraction of sp³-hybridized carbons (Fsp3) is 0.935. The molecule has 0 aromatic rings. The maximum atomic E-state index is 13.2. The summed E-state index contributed by atoms with van der Waals surface area (Å²) in [5, 5.41) is 0. The minimum atomic E-state index is 0.0411. The van der Waals surface area contributed by atoms with Gasteiger partial charge < -0.3 is 4.74 Å². The molecule has 0 radical (unpaired) electrons. The van der Waals surface area contributed by atoms with Crippen LogP contribution in [-0.4, -0.2) is 12.1 Å². The first-order chi connectivity index (χ1) is 22.7. The van der Waals surface area contributed by atoms with E-state index in [-0.39, 0.29) is 17.5 Å². The van der Waals surface area contributed by atoms with Crippen molar-refractivity contribution in [3.63, 3.8) is 0 Å². The van der Waals surface area contributed by atoms with Crippen molar-refractivity contribution in [2.45, 2.75) is 216 Å². The lowest BCUT2D eigenvalue weighted by Gasteiger charge is -2.73. The van der Waals surface area contributed by atoms with Gasteiger partial charge in [-0.1, -0.05) is 138 Å². The van der Waals surface area contributed by atoms with Gasteiger partial charge in [-0.25, -0.2) is 0 Å². The number of hydrogen-bond acceptors (Lipinski definition) is 2. The van der Waals surface area contributed by atoms with Gasteiger partial charge in [-0.05, 0) is 129 Å². The van der Waals surface area contributed by atoms with Gasteiger partial charge in [-0.2, -0.15) is 0 Å². The average Bonchev–Trinajstić information content (AvgIpc) is 3.39. The maximum absolute atomic E-state index is 13.2. The second kappa shape index (κ2) is 15.4. The van der Waals surface area contributed by atoms with E-state index in [2.05, 4.69) is 62.0 Å². The van der Waals surface area contributed by atoms with Gasteiger partial charge in [0.25, 0.3) is 0 Å². The molecule has 0 aromatic carbocycles. The molecule has 0 amide bonds. The van der Waals surface area contributed by atoms with E-state index in [4.69, 9.17) is 4.74 Å². The molecule has 2 nitrogen and oxygen atoms in total. The Morgan fingerprint density at radius 3 is 1.85 bits per heavy atom. The number of rotatable bonds is 16. The number of unbranched alkanes of at least 4 members (excludes halogenated alkanes) is 12. The van der Waals surface area contributed by atoms with Crippen LogP contribution in [0.15, 0.2) is 12.2 Å². The Morgan fingerprint density at radius 1 is 0.646 bits per heavy atom. The number of hydrogen-bond donors (Lipinski definition) is 0. The normalized spacial score (nSPS) is 41.5. The standard InChI is InChI=1S/C46H80O2/c1-10-11-12-13-14-15-16-17-18-19-20-21-22-23-40(47)48-39-28-30-44(7)37(42(39,4)5)27-31-46(9)38(44)25-24-36-41-35(34(2)3)26-29-43(41,6)32-33-45(36,46)8/h35-39,41H,2,10-33H2,1,3-9H3/t35-,36?,37-,38?,39-,41+,43+,44-,45+,46+/m0/s1. The third-order valence-corrected chi connectivity index (χ3v) is 17.2. The number of esters is 1. The van der Waals surface area contributed by atoms with Crippen molar-refractivity contribution in [1.29, 1.82) is 0 Å². The quantitative estimate of drug-likeness (QED) is 0.0932. The predicted octanol–water partition coefficient (Wildman–Crippen LogP) is 14.1. The molecule has 5 aliphatic rings. The molecule has 5 saturated carbocycles. The average molecular weight is 665 g/mol. The van der Waals surface area contributed by atoms with Gasteiger partial charge in [0.05, 0.1) is 0 Å². The van der Waals surface area contributed by atoms with Crippen molar-refractivity contribution in [2.75, 3.05) is 0 Å². The summed E-state index contributed by atoms with van der Waals surface area (Å²) in [6.45, 7) is 25.0. The summed E-state index contributed by atoms with van der Waals surface area (Å²) in [6.07, 6.45) is 31.4. The SMILES string of the molecule is C=C(C)[C@@H]1CC[C@]2(C)CC[C@]3(C)C(CCC4[C@@]5(C)CC[C@H](OC(=O)CCCCCCCCCCCCCCC)C(C)(C)[C@@H]5CC[C@]43C)[C@@H]12. The summed E-state index contributed by atoms with van der Waals surface area (Å²) in [4.78, 5) is 13.2. The molecule has 0 aromatic heterocycles. The Bertz CT molecular complexity index is 1090. The zero-order chi connectivity index (χ0) is 34.8. The van der Waals surface area contributed by atoms with Gasteiger partial charge in [0.1, 0.15) is 6.10 Å². The Morgan fingerprint density at radius 2 is 1.25 bits per heavy atom. The molecule has 0 N–H and O–H groups in total. The molecule has 0 heterocycles. The maximum Gasteiger partial charge on any atom is 0.306 e. The summed E-state index contributed by atoms with van der Waals surface area (Å²) in [7, 11) is 0. The van der Waals surface area contributed by atoms with E-state index in [0.717, 1.165) is 36.5 Å². The predicted molar refractivity (Wildman–Crippen MR) is 205 cm³/mol. The molecule has 276 valence electrons. The minimum absolute atomic E-state index is 0.0411. The fourth-order valence-electron chi connectivity index (χ4n) is 14.2. The molecule has 0 saturated heterocycles. The monoisotopic (exact) mass is 665 g/mol. The molecule has 2 unspecified atom stereocenters. The van der Waals surface area contributed by atoms with Crippen molar-refractivity contribution in [2.24, 2.45) is 56.7 Å². The van der Waals surface area contributed by atoms with Crippen LogP contribution in [0.2, 0.25) is 0 Å².